The summed E-state index contributed by atoms with van der Waals surface area (Å²) in [5, 5.41) is 0. The van der Waals surface area contributed by atoms with Crippen LogP contribution in [0.2, 0.25) is 0 Å². The standard InChI is InChI=1S/C10F20/c11-1(7(19,20)21)2(12,8(22,23)24)4(14,10(28,29)30)6(17,18)5(15,16)3(1,13)9(25,26)27/t1-,2+,3-,4+. The first kappa shape index (κ1) is 26.6. The Hall–Kier alpha value is -1.40. The third-order valence-corrected chi connectivity index (χ3v) is 4.25. The van der Waals surface area contributed by atoms with Crippen molar-refractivity contribution in [2.75, 3.05) is 0 Å². The zero-order valence-corrected chi connectivity index (χ0v) is 12.6. The van der Waals surface area contributed by atoms with Crippen molar-refractivity contribution in [2.24, 2.45) is 0 Å². The predicted molar refractivity (Wildman–Crippen MR) is 49.5 cm³/mol. The molecule has 0 radical (unpaired) electrons. The fraction of sp³-hybridized carbons (Fsp3) is 1.00. The smallest absolute Gasteiger partial charge is 0.225 e. The lowest BCUT2D eigenvalue weighted by Gasteiger charge is -2.60. The number of hydrogen-bond donors (Lipinski definition) is 0. The molecule has 0 aromatic heterocycles. The maximum absolute atomic E-state index is 14.2. The Bertz CT molecular complexity index is 630. The van der Waals surface area contributed by atoms with Gasteiger partial charge in [-0.3, -0.25) is 0 Å². The van der Waals surface area contributed by atoms with Crippen molar-refractivity contribution in [3.63, 3.8) is 0 Å². The quantitative estimate of drug-likeness (QED) is 0.340. The van der Waals surface area contributed by atoms with Gasteiger partial charge in [0, 0.05) is 0 Å². The van der Waals surface area contributed by atoms with Crippen LogP contribution in [-0.2, 0) is 0 Å². The lowest BCUT2D eigenvalue weighted by atomic mass is 9.54. The Morgan fingerprint density at radius 2 is 0.400 bits per heavy atom. The van der Waals surface area contributed by atoms with E-state index < -0.39 is 59.2 Å². The summed E-state index contributed by atoms with van der Waals surface area (Å²) in [6, 6.07) is 0. The topological polar surface area (TPSA) is 0 Å². The second-order valence-corrected chi connectivity index (χ2v) is 5.77. The SMILES string of the molecule is FC(F)(F)[C@@]1(F)C(F)(F)C(F)(F)[C@@](F)(C(F)(F)F)[C@@](F)(C(F)(F)F)[C@@]1(F)C(F)(F)F. The minimum Gasteiger partial charge on any atom is -0.225 e. The molecule has 1 aliphatic carbocycles. The summed E-state index contributed by atoms with van der Waals surface area (Å²) in [6.07, 6.45) is -34.8. The first-order chi connectivity index (χ1) is 12.5. The van der Waals surface area contributed by atoms with E-state index in [1.54, 1.807) is 0 Å². The van der Waals surface area contributed by atoms with Gasteiger partial charge in [0.2, 0.25) is 0 Å². The Balaban J connectivity index is 4.65. The van der Waals surface area contributed by atoms with E-state index in [-0.39, 0.29) is 0 Å². The first-order valence-electron chi connectivity index (χ1n) is 6.28. The molecule has 0 nitrogen and oxygen atoms in total. The van der Waals surface area contributed by atoms with E-state index in [1.807, 2.05) is 0 Å². The van der Waals surface area contributed by atoms with Gasteiger partial charge in [0.25, 0.3) is 0 Å². The molecule has 0 aromatic carbocycles. The van der Waals surface area contributed by atoms with Gasteiger partial charge in [-0.1, -0.05) is 0 Å². The van der Waals surface area contributed by atoms with E-state index >= 15 is 0 Å². The molecule has 0 N–H and O–H groups in total. The highest BCUT2D eigenvalue weighted by molar-refractivity contribution is 5.41. The van der Waals surface area contributed by atoms with Crippen LogP contribution >= 0.6 is 0 Å². The molecule has 0 bridgehead atoms. The molecular formula is C10F20. The van der Waals surface area contributed by atoms with Crippen molar-refractivity contribution in [2.45, 2.75) is 59.2 Å². The molecule has 1 saturated carbocycles. The van der Waals surface area contributed by atoms with Crippen LogP contribution in [0.1, 0.15) is 0 Å². The fourth-order valence-corrected chi connectivity index (χ4v) is 2.87. The van der Waals surface area contributed by atoms with E-state index in [9.17, 15) is 87.8 Å². The summed E-state index contributed by atoms with van der Waals surface area (Å²) < 4.78 is 262. The highest BCUT2D eigenvalue weighted by atomic mass is 19.4. The van der Waals surface area contributed by atoms with Gasteiger partial charge < -0.3 is 0 Å². The Labute approximate surface area is 148 Å². The van der Waals surface area contributed by atoms with Crippen LogP contribution in [0.5, 0.6) is 0 Å². The number of rotatable bonds is 0. The normalized spacial score (nSPS) is 40.4. The first-order valence-corrected chi connectivity index (χ1v) is 6.28. The van der Waals surface area contributed by atoms with Crippen molar-refractivity contribution in [3.8, 4) is 0 Å². The lowest BCUT2D eigenvalue weighted by Crippen LogP contribution is -2.96. The number of alkyl halides is 20. The van der Waals surface area contributed by atoms with Gasteiger partial charge >= 0.3 is 59.2 Å². The number of halogens is 20. The minimum absolute atomic E-state index is 8.61. The van der Waals surface area contributed by atoms with Gasteiger partial charge in [-0.25, -0.2) is 17.6 Å². The van der Waals surface area contributed by atoms with Crippen LogP contribution in [0.25, 0.3) is 0 Å². The van der Waals surface area contributed by atoms with Crippen molar-refractivity contribution in [1.82, 2.24) is 0 Å². The maximum Gasteiger partial charge on any atom is 0.432 e. The summed E-state index contributed by atoms with van der Waals surface area (Å²) in [4.78, 5) is 0. The Morgan fingerprint density at radius 1 is 0.267 bits per heavy atom. The zero-order chi connectivity index (χ0) is 25.0. The average molecular weight is 500 g/mol. The zero-order valence-electron chi connectivity index (χ0n) is 12.6. The van der Waals surface area contributed by atoms with Crippen LogP contribution in [0.15, 0.2) is 0 Å². The summed E-state index contributed by atoms with van der Waals surface area (Å²) in [6.45, 7) is 0. The van der Waals surface area contributed by atoms with Crippen LogP contribution in [0, 0.1) is 0 Å². The summed E-state index contributed by atoms with van der Waals surface area (Å²) in [7, 11) is 0. The van der Waals surface area contributed by atoms with Gasteiger partial charge in [0.05, 0.1) is 0 Å². The third kappa shape index (κ3) is 2.22. The summed E-state index contributed by atoms with van der Waals surface area (Å²) >= 11 is 0. The molecule has 0 aromatic rings. The fourth-order valence-electron chi connectivity index (χ4n) is 2.87. The molecule has 1 aliphatic rings. The Kier molecular flexibility index (Phi) is 5.05. The third-order valence-electron chi connectivity index (χ3n) is 4.25. The highest BCUT2D eigenvalue weighted by Gasteiger charge is 3.13. The molecule has 1 fully saturated rings. The van der Waals surface area contributed by atoms with E-state index in [2.05, 4.69) is 0 Å². The highest BCUT2D eigenvalue weighted by Crippen LogP contribution is 2.78. The minimum atomic E-state index is -9.33. The molecule has 0 saturated heterocycles. The molecule has 20 heteroatoms. The van der Waals surface area contributed by atoms with E-state index in [0.717, 1.165) is 0 Å². The summed E-state index contributed by atoms with van der Waals surface area (Å²) in [5.74, 6) is -17.9. The molecule has 0 amide bonds. The van der Waals surface area contributed by atoms with Crippen molar-refractivity contribution in [1.29, 1.82) is 0 Å². The van der Waals surface area contributed by atoms with Gasteiger partial charge in [-0.2, -0.15) is 70.2 Å². The largest absolute Gasteiger partial charge is 0.432 e. The average Bonchev–Trinajstić information content (AvgIpc) is 2.45. The van der Waals surface area contributed by atoms with Gasteiger partial charge in [-0.05, 0) is 0 Å². The molecule has 0 heterocycles. The second kappa shape index (κ2) is 5.69. The van der Waals surface area contributed by atoms with Gasteiger partial charge in [-0.15, -0.1) is 0 Å². The molecule has 180 valence electrons. The lowest BCUT2D eigenvalue weighted by molar-refractivity contribution is -0.538. The van der Waals surface area contributed by atoms with Crippen molar-refractivity contribution < 1.29 is 87.8 Å². The molecule has 30 heavy (non-hydrogen) atoms. The van der Waals surface area contributed by atoms with E-state index in [0.29, 0.717) is 0 Å². The Morgan fingerprint density at radius 3 is 0.500 bits per heavy atom. The van der Waals surface area contributed by atoms with Crippen molar-refractivity contribution in [3.05, 3.63) is 0 Å². The van der Waals surface area contributed by atoms with Gasteiger partial charge in [0.1, 0.15) is 0 Å². The van der Waals surface area contributed by atoms with Crippen molar-refractivity contribution >= 4 is 0 Å². The van der Waals surface area contributed by atoms with Crippen LogP contribution in [0.4, 0.5) is 87.8 Å². The second-order valence-electron chi connectivity index (χ2n) is 5.77. The van der Waals surface area contributed by atoms with Gasteiger partial charge in [0.15, 0.2) is 0 Å². The molecule has 0 unspecified atom stereocenters. The van der Waals surface area contributed by atoms with E-state index in [4.69, 9.17) is 0 Å². The molecule has 4 atom stereocenters. The monoisotopic (exact) mass is 500 g/mol. The maximum atomic E-state index is 14.2. The molecule has 1 rings (SSSR count). The van der Waals surface area contributed by atoms with Crippen LogP contribution in [0.3, 0.4) is 0 Å². The van der Waals surface area contributed by atoms with E-state index in [1.165, 1.54) is 0 Å². The predicted octanol–water partition coefficient (Wildman–Crippen LogP) is 6.35. The molecular weight excluding hydrogens is 500 g/mol. The molecule has 0 aliphatic heterocycles. The summed E-state index contributed by atoms with van der Waals surface area (Å²) in [5.41, 5.74) is -36.9. The number of hydrogen-bond acceptors (Lipinski definition) is 0. The van der Waals surface area contributed by atoms with Crippen LogP contribution < -0.4 is 0 Å². The van der Waals surface area contributed by atoms with Crippen LogP contribution in [-0.4, -0.2) is 59.2 Å². The molecule has 0 spiro atoms.